The van der Waals surface area contributed by atoms with E-state index in [-0.39, 0.29) is 0 Å². The Labute approximate surface area is 79.4 Å². The molecule has 2 aromatic rings. The molecule has 0 saturated heterocycles. The summed E-state index contributed by atoms with van der Waals surface area (Å²) in [7, 11) is 0. The molecule has 0 atom stereocenters. The molecule has 0 amide bonds. The first kappa shape index (κ1) is 8.26. The third-order valence-electron chi connectivity index (χ3n) is 1.92. The van der Waals surface area contributed by atoms with Gasteiger partial charge in [0.05, 0.1) is 5.56 Å². The number of carbonyl (C=O) groups is 1. The Bertz CT molecular complexity index is 471. The molecule has 0 fully saturated rings. The van der Waals surface area contributed by atoms with E-state index in [1.165, 1.54) is 0 Å². The van der Waals surface area contributed by atoms with Gasteiger partial charge in [-0.15, -0.1) is 11.3 Å². The summed E-state index contributed by atoms with van der Waals surface area (Å²) in [6, 6.07) is 7.28. The highest BCUT2D eigenvalue weighted by atomic mass is 32.1. The minimum absolute atomic E-state index is 0.391. The number of hydrogen-bond donors (Lipinski definition) is 1. The van der Waals surface area contributed by atoms with Gasteiger partial charge in [-0.2, -0.15) is 0 Å². The van der Waals surface area contributed by atoms with Crippen LogP contribution in [0.3, 0.4) is 0 Å². The van der Waals surface area contributed by atoms with Gasteiger partial charge in [0.25, 0.3) is 0 Å². The van der Waals surface area contributed by atoms with Gasteiger partial charge in [-0.3, -0.25) is 0 Å². The molecule has 1 aromatic heterocycles. The molecule has 1 aromatic carbocycles. The van der Waals surface area contributed by atoms with Gasteiger partial charge in [0.15, 0.2) is 0 Å². The van der Waals surface area contributed by atoms with E-state index in [0.29, 0.717) is 5.56 Å². The molecule has 1 heterocycles. The first-order valence-corrected chi connectivity index (χ1v) is 4.72. The second kappa shape index (κ2) is 2.85. The van der Waals surface area contributed by atoms with Crippen LogP contribution in [0.15, 0.2) is 24.3 Å². The van der Waals surface area contributed by atoms with Crippen molar-refractivity contribution in [3.05, 3.63) is 34.7 Å². The maximum Gasteiger partial charge on any atom is 0.336 e. The summed E-state index contributed by atoms with van der Waals surface area (Å²) in [6.45, 7) is 1.98. The molecule has 0 radical (unpaired) electrons. The Morgan fingerprint density at radius 2 is 2.23 bits per heavy atom. The predicted octanol–water partition coefficient (Wildman–Crippen LogP) is 2.91. The van der Waals surface area contributed by atoms with Crippen molar-refractivity contribution in [2.24, 2.45) is 0 Å². The zero-order chi connectivity index (χ0) is 9.42. The third kappa shape index (κ3) is 1.31. The van der Waals surface area contributed by atoms with Crippen molar-refractivity contribution in [2.45, 2.75) is 6.92 Å². The molecule has 2 rings (SSSR count). The number of hydrogen-bond acceptors (Lipinski definition) is 2. The number of carboxylic acids is 1. The Morgan fingerprint density at radius 1 is 1.46 bits per heavy atom. The van der Waals surface area contributed by atoms with Crippen LogP contribution in [-0.2, 0) is 0 Å². The first-order chi connectivity index (χ1) is 6.18. The highest BCUT2D eigenvalue weighted by Gasteiger charge is 2.09. The zero-order valence-electron chi connectivity index (χ0n) is 7.07. The van der Waals surface area contributed by atoms with Crippen molar-refractivity contribution in [3.63, 3.8) is 0 Å². The number of rotatable bonds is 1. The lowest BCUT2D eigenvalue weighted by atomic mass is 10.1. The summed E-state index contributed by atoms with van der Waals surface area (Å²) in [5, 5.41) is 9.74. The van der Waals surface area contributed by atoms with Gasteiger partial charge < -0.3 is 5.11 Å². The Morgan fingerprint density at radius 3 is 2.92 bits per heavy atom. The number of aryl methyl sites for hydroxylation is 1. The maximum atomic E-state index is 10.8. The smallest absolute Gasteiger partial charge is 0.336 e. The van der Waals surface area contributed by atoms with Crippen LogP contribution in [0.1, 0.15) is 15.2 Å². The molecular formula is C10H8O2S. The number of carboxylic acid groups (broad SMARTS) is 1. The average Bonchev–Trinajstić information content (AvgIpc) is 2.43. The van der Waals surface area contributed by atoms with Crippen LogP contribution in [0.5, 0.6) is 0 Å². The molecule has 3 heteroatoms. The van der Waals surface area contributed by atoms with Crippen LogP contribution >= 0.6 is 11.3 Å². The van der Waals surface area contributed by atoms with Crippen molar-refractivity contribution >= 4 is 27.4 Å². The minimum Gasteiger partial charge on any atom is -0.478 e. The number of aromatic carboxylic acids is 1. The highest BCUT2D eigenvalue weighted by molar-refractivity contribution is 7.19. The molecular weight excluding hydrogens is 184 g/mol. The monoisotopic (exact) mass is 192 g/mol. The lowest BCUT2D eigenvalue weighted by molar-refractivity contribution is 0.0699. The molecule has 66 valence electrons. The SMILES string of the molecule is Cc1cc2c(C(=O)O)cccc2s1. The van der Waals surface area contributed by atoms with Gasteiger partial charge in [0, 0.05) is 15.0 Å². The molecule has 0 bridgehead atoms. The van der Waals surface area contributed by atoms with Crippen LogP contribution in [-0.4, -0.2) is 11.1 Å². The summed E-state index contributed by atoms with van der Waals surface area (Å²) in [5.74, 6) is -0.858. The molecule has 0 aliphatic carbocycles. The topological polar surface area (TPSA) is 37.3 Å². The fourth-order valence-electron chi connectivity index (χ4n) is 1.37. The van der Waals surface area contributed by atoms with Crippen molar-refractivity contribution < 1.29 is 9.90 Å². The van der Waals surface area contributed by atoms with E-state index in [1.54, 1.807) is 23.5 Å². The Kier molecular flexibility index (Phi) is 1.81. The van der Waals surface area contributed by atoms with Crippen LogP contribution in [0.25, 0.3) is 10.1 Å². The van der Waals surface area contributed by atoms with E-state index < -0.39 is 5.97 Å². The van der Waals surface area contributed by atoms with Crippen molar-refractivity contribution in [1.82, 2.24) is 0 Å². The molecule has 0 aliphatic heterocycles. The van der Waals surface area contributed by atoms with E-state index in [4.69, 9.17) is 5.11 Å². The Balaban J connectivity index is 2.82. The predicted molar refractivity (Wildman–Crippen MR) is 53.5 cm³/mol. The van der Waals surface area contributed by atoms with Gasteiger partial charge in [-0.1, -0.05) is 6.07 Å². The average molecular weight is 192 g/mol. The first-order valence-electron chi connectivity index (χ1n) is 3.91. The molecule has 0 spiro atoms. The largest absolute Gasteiger partial charge is 0.478 e. The fraction of sp³-hybridized carbons (Fsp3) is 0.100. The summed E-state index contributed by atoms with van der Waals surface area (Å²) >= 11 is 1.62. The maximum absolute atomic E-state index is 10.8. The second-order valence-electron chi connectivity index (χ2n) is 2.88. The molecule has 1 N–H and O–H groups in total. The van der Waals surface area contributed by atoms with Gasteiger partial charge in [0.2, 0.25) is 0 Å². The number of benzene rings is 1. The van der Waals surface area contributed by atoms with Crippen LogP contribution in [0.4, 0.5) is 0 Å². The van der Waals surface area contributed by atoms with Crippen LogP contribution < -0.4 is 0 Å². The van der Waals surface area contributed by atoms with Crippen LogP contribution in [0.2, 0.25) is 0 Å². The molecule has 13 heavy (non-hydrogen) atoms. The van der Waals surface area contributed by atoms with Crippen LogP contribution in [0, 0.1) is 6.92 Å². The molecule has 2 nitrogen and oxygen atoms in total. The minimum atomic E-state index is -0.858. The summed E-state index contributed by atoms with van der Waals surface area (Å²) < 4.78 is 1.04. The zero-order valence-corrected chi connectivity index (χ0v) is 7.89. The van der Waals surface area contributed by atoms with Gasteiger partial charge in [-0.05, 0) is 25.1 Å². The second-order valence-corrected chi connectivity index (χ2v) is 4.17. The summed E-state index contributed by atoms with van der Waals surface area (Å²) in [6.07, 6.45) is 0. The van der Waals surface area contributed by atoms with E-state index in [1.807, 2.05) is 19.1 Å². The molecule has 0 saturated carbocycles. The lowest BCUT2D eigenvalue weighted by Crippen LogP contribution is -1.95. The van der Waals surface area contributed by atoms with Gasteiger partial charge in [0.1, 0.15) is 0 Å². The third-order valence-corrected chi connectivity index (χ3v) is 2.93. The molecule has 0 unspecified atom stereocenters. The fourth-order valence-corrected chi connectivity index (χ4v) is 2.32. The quantitative estimate of drug-likeness (QED) is 0.754. The van der Waals surface area contributed by atoms with Gasteiger partial charge in [-0.25, -0.2) is 4.79 Å². The van der Waals surface area contributed by atoms with Crippen molar-refractivity contribution in [1.29, 1.82) is 0 Å². The summed E-state index contributed by atoms with van der Waals surface area (Å²) in [5.41, 5.74) is 0.391. The number of thiophene rings is 1. The van der Waals surface area contributed by atoms with E-state index >= 15 is 0 Å². The van der Waals surface area contributed by atoms with Crippen molar-refractivity contribution in [2.75, 3.05) is 0 Å². The van der Waals surface area contributed by atoms with Gasteiger partial charge >= 0.3 is 5.97 Å². The standard InChI is InChI=1S/C10H8O2S/c1-6-5-8-7(10(11)12)3-2-4-9(8)13-6/h2-5H,1H3,(H,11,12). The Hall–Kier alpha value is -1.35. The van der Waals surface area contributed by atoms with Crippen molar-refractivity contribution in [3.8, 4) is 0 Å². The normalized spacial score (nSPS) is 10.5. The number of fused-ring (bicyclic) bond motifs is 1. The summed E-state index contributed by atoms with van der Waals surface area (Å²) in [4.78, 5) is 12.0. The lowest BCUT2D eigenvalue weighted by Gasteiger charge is -1.94. The van der Waals surface area contributed by atoms with E-state index in [2.05, 4.69) is 0 Å². The van der Waals surface area contributed by atoms with E-state index in [9.17, 15) is 4.79 Å². The highest BCUT2D eigenvalue weighted by Crippen LogP contribution is 2.27. The van der Waals surface area contributed by atoms with E-state index in [0.717, 1.165) is 15.0 Å². The molecule has 0 aliphatic rings.